The Bertz CT molecular complexity index is 508. The van der Waals surface area contributed by atoms with Crippen LogP contribution in [0.25, 0.3) is 0 Å². The number of nitrogens with one attached hydrogen (secondary N) is 2. The number of allylic oxidation sites excluding steroid dienone is 2. The number of aromatic nitrogens is 3. The van der Waals surface area contributed by atoms with Gasteiger partial charge in [0.1, 0.15) is 0 Å². The minimum absolute atomic E-state index is 0.0439. The van der Waals surface area contributed by atoms with Crippen LogP contribution in [0, 0.1) is 5.92 Å². The fourth-order valence-corrected chi connectivity index (χ4v) is 2.81. The van der Waals surface area contributed by atoms with Gasteiger partial charge in [-0.1, -0.05) is 12.2 Å². The second kappa shape index (κ2) is 5.75. The number of anilines is 1. The topological polar surface area (TPSA) is 71.8 Å². The molecule has 108 valence electrons. The zero-order valence-corrected chi connectivity index (χ0v) is 11.8. The van der Waals surface area contributed by atoms with Crippen molar-refractivity contribution in [3.8, 4) is 0 Å². The zero-order valence-electron chi connectivity index (χ0n) is 11.8. The first-order valence-electron chi connectivity index (χ1n) is 7.31. The summed E-state index contributed by atoms with van der Waals surface area (Å²) in [5, 5.41) is 10.7. The maximum absolute atomic E-state index is 12.1. The Morgan fingerprint density at radius 2 is 2.05 bits per heavy atom. The van der Waals surface area contributed by atoms with Crippen LogP contribution in [0.5, 0.6) is 0 Å². The number of piperidine rings is 1. The summed E-state index contributed by atoms with van der Waals surface area (Å²) >= 11 is 0. The number of hydrogen-bond acceptors (Lipinski definition) is 4. The molecule has 1 fully saturated rings. The summed E-state index contributed by atoms with van der Waals surface area (Å²) in [4.78, 5) is 16.6. The van der Waals surface area contributed by atoms with Gasteiger partial charge < -0.3 is 5.32 Å². The largest absolute Gasteiger partial charge is 0.317 e. The predicted molar refractivity (Wildman–Crippen MR) is 76.3 cm³/mol. The molecule has 1 amide bonds. The van der Waals surface area contributed by atoms with E-state index in [1.807, 2.05) is 7.05 Å². The molecule has 1 saturated heterocycles. The molecule has 0 bridgehead atoms. The van der Waals surface area contributed by atoms with Gasteiger partial charge in [-0.05, 0) is 38.8 Å². The van der Waals surface area contributed by atoms with Crippen molar-refractivity contribution in [2.24, 2.45) is 13.0 Å². The van der Waals surface area contributed by atoms with E-state index in [9.17, 15) is 4.79 Å². The Morgan fingerprint density at radius 3 is 2.75 bits per heavy atom. The van der Waals surface area contributed by atoms with E-state index in [4.69, 9.17) is 0 Å². The second-order valence-corrected chi connectivity index (χ2v) is 5.57. The number of carbonyl (C=O) groups is 1. The highest BCUT2D eigenvalue weighted by Crippen LogP contribution is 2.24. The molecule has 20 heavy (non-hydrogen) atoms. The van der Waals surface area contributed by atoms with Crippen molar-refractivity contribution in [1.29, 1.82) is 0 Å². The van der Waals surface area contributed by atoms with E-state index in [2.05, 4.69) is 32.9 Å². The van der Waals surface area contributed by atoms with Crippen LogP contribution in [-0.4, -0.2) is 33.8 Å². The summed E-state index contributed by atoms with van der Waals surface area (Å²) in [6.45, 7) is 2.02. The van der Waals surface area contributed by atoms with Crippen LogP contribution in [0.2, 0.25) is 0 Å². The molecule has 1 aromatic heterocycles. The van der Waals surface area contributed by atoms with Crippen molar-refractivity contribution >= 4 is 11.9 Å². The summed E-state index contributed by atoms with van der Waals surface area (Å²) in [6, 6.07) is 0. The van der Waals surface area contributed by atoms with Crippen LogP contribution in [0.3, 0.4) is 0 Å². The molecule has 0 aromatic carbocycles. The van der Waals surface area contributed by atoms with E-state index in [-0.39, 0.29) is 11.8 Å². The van der Waals surface area contributed by atoms with E-state index in [0.717, 1.165) is 44.6 Å². The molecule has 3 rings (SSSR count). The van der Waals surface area contributed by atoms with Gasteiger partial charge in [0.25, 0.3) is 0 Å². The maximum atomic E-state index is 12.1. The van der Waals surface area contributed by atoms with Crippen molar-refractivity contribution in [3.05, 3.63) is 18.0 Å². The third-order valence-corrected chi connectivity index (χ3v) is 4.10. The third kappa shape index (κ3) is 2.75. The van der Waals surface area contributed by atoms with Gasteiger partial charge in [0.05, 0.1) is 0 Å². The van der Waals surface area contributed by atoms with Gasteiger partial charge in [-0.15, -0.1) is 0 Å². The minimum Gasteiger partial charge on any atom is -0.317 e. The summed E-state index contributed by atoms with van der Waals surface area (Å²) < 4.78 is 1.68. The average molecular weight is 275 g/mol. The monoisotopic (exact) mass is 275 g/mol. The molecule has 1 aliphatic heterocycles. The highest BCUT2D eigenvalue weighted by molar-refractivity contribution is 5.91. The number of nitrogens with zero attached hydrogens (tertiary/aromatic N) is 3. The SMILES string of the molecule is Cn1nc(C2CCNCC2)nc1NC(=O)C1CC=CC1. The smallest absolute Gasteiger partial charge is 0.230 e. The molecule has 1 aromatic rings. The molecule has 2 aliphatic rings. The lowest BCUT2D eigenvalue weighted by Crippen LogP contribution is -2.27. The standard InChI is InChI=1S/C14H21N5O/c1-19-14(17-13(20)11-4-2-3-5-11)16-12(18-19)10-6-8-15-9-7-10/h2-3,10-11,15H,4-9H2,1H3,(H,16,17,18,20). The number of amides is 1. The summed E-state index contributed by atoms with van der Waals surface area (Å²) in [5.41, 5.74) is 0. The highest BCUT2D eigenvalue weighted by Gasteiger charge is 2.24. The fourth-order valence-electron chi connectivity index (χ4n) is 2.81. The minimum atomic E-state index is 0.0439. The van der Waals surface area contributed by atoms with Crippen molar-refractivity contribution in [2.45, 2.75) is 31.6 Å². The van der Waals surface area contributed by atoms with Crippen molar-refractivity contribution in [2.75, 3.05) is 18.4 Å². The van der Waals surface area contributed by atoms with Gasteiger partial charge >= 0.3 is 0 Å². The second-order valence-electron chi connectivity index (χ2n) is 5.57. The Hall–Kier alpha value is -1.69. The van der Waals surface area contributed by atoms with Gasteiger partial charge in [-0.3, -0.25) is 10.1 Å². The van der Waals surface area contributed by atoms with Crippen molar-refractivity contribution in [3.63, 3.8) is 0 Å². The number of aryl methyl sites for hydroxylation is 1. The number of carbonyl (C=O) groups excluding carboxylic acids is 1. The first-order chi connectivity index (χ1) is 9.74. The van der Waals surface area contributed by atoms with Gasteiger partial charge in [0.2, 0.25) is 11.9 Å². The predicted octanol–water partition coefficient (Wildman–Crippen LogP) is 1.19. The van der Waals surface area contributed by atoms with Gasteiger partial charge in [-0.2, -0.15) is 10.1 Å². The Balaban J connectivity index is 1.67. The molecule has 0 spiro atoms. The summed E-state index contributed by atoms with van der Waals surface area (Å²) in [5.74, 6) is 1.92. The molecular formula is C14H21N5O. The van der Waals surface area contributed by atoms with Crippen LogP contribution < -0.4 is 10.6 Å². The molecule has 6 heteroatoms. The van der Waals surface area contributed by atoms with Gasteiger partial charge in [0, 0.05) is 18.9 Å². The normalized spacial score (nSPS) is 20.4. The van der Waals surface area contributed by atoms with Crippen molar-refractivity contribution < 1.29 is 4.79 Å². The number of hydrogen-bond donors (Lipinski definition) is 2. The fraction of sp³-hybridized carbons (Fsp3) is 0.643. The van der Waals surface area contributed by atoms with Gasteiger partial charge in [-0.25, -0.2) is 4.68 Å². The summed E-state index contributed by atoms with van der Waals surface area (Å²) in [6.07, 6.45) is 7.88. The summed E-state index contributed by atoms with van der Waals surface area (Å²) in [7, 11) is 1.83. The van der Waals surface area contributed by atoms with Crippen LogP contribution >= 0.6 is 0 Å². The third-order valence-electron chi connectivity index (χ3n) is 4.10. The first-order valence-corrected chi connectivity index (χ1v) is 7.31. The molecule has 0 atom stereocenters. The van der Waals surface area contributed by atoms with Crippen molar-refractivity contribution in [1.82, 2.24) is 20.1 Å². The van der Waals surface area contributed by atoms with Crippen LogP contribution in [-0.2, 0) is 11.8 Å². The molecule has 2 heterocycles. The Labute approximate surface area is 118 Å². The lowest BCUT2D eigenvalue weighted by molar-refractivity contribution is -0.119. The maximum Gasteiger partial charge on any atom is 0.230 e. The highest BCUT2D eigenvalue weighted by atomic mass is 16.2. The zero-order chi connectivity index (χ0) is 13.9. The first kappa shape index (κ1) is 13.3. The van der Waals surface area contributed by atoms with E-state index < -0.39 is 0 Å². The quantitative estimate of drug-likeness (QED) is 0.813. The van der Waals surface area contributed by atoms with E-state index in [0.29, 0.717) is 11.9 Å². The molecule has 0 saturated carbocycles. The van der Waals surface area contributed by atoms with Crippen LogP contribution in [0.1, 0.15) is 37.4 Å². The van der Waals surface area contributed by atoms with Crippen LogP contribution in [0.15, 0.2) is 12.2 Å². The average Bonchev–Trinajstić information content (AvgIpc) is 3.10. The molecule has 2 N–H and O–H groups in total. The lowest BCUT2D eigenvalue weighted by atomic mass is 9.98. The molecule has 1 aliphatic carbocycles. The van der Waals surface area contributed by atoms with E-state index >= 15 is 0 Å². The van der Waals surface area contributed by atoms with Gasteiger partial charge in [0.15, 0.2) is 5.82 Å². The molecule has 6 nitrogen and oxygen atoms in total. The molecular weight excluding hydrogens is 254 g/mol. The molecule has 0 unspecified atom stereocenters. The van der Waals surface area contributed by atoms with E-state index in [1.54, 1.807) is 4.68 Å². The Morgan fingerprint density at radius 1 is 1.35 bits per heavy atom. The lowest BCUT2D eigenvalue weighted by Gasteiger charge is -2.19. The Kier molecular flexibility index (Phi) is 3.82. The number of rotatable bonds is 3. The van der Waals surface area contributed by atoms with Crippen LogP contribution in [0.4, 0.5) is 5.95 Å². The molecule has 0 radical (unpaired) electrons. The van der Waals surface area contributed by atoms with E-state index in [1.165, 1.54) is 0 Å².